The second kappa shape index (κ2) is 18.4. The number of aliphatic hydroxyl groups is 3. The van der Waals surface area contributed by atoms with E-state index in [9.17, 15) is 23.7 Å². The van der Waals surface area contributed by atoms with Gasteiger partial charge in [0.2, 0.25) is 11.6 Å². The Kier molecular flexibility index (Phi) is 15.6. The van der Waals surface area contributed by atoms with Crippen molar-refractivity contribution in [3.63, 3.8) is 0 Å². The molecule has 13 nitrogen and oxygen atoms in total. The Morgan fingerprint density at radius 2 is 1.72 bits per heavy atom. The van der Waals surface area contributed by atoms with Gasteiger partial charge in [0.1, 0.15) is 5.60 Å². The van der Waals surface area contributed by atoms with Gasteiger partial charge < -0.3 is 30.1 Å². The zero-order chi connectivity index (χ0) is 35.4. The second-order valence-electron chi connectivity index (χ2n) is 12.6. The fourth-order valence-corrected chi connectivity index (χ4v) is 4.97. The average molecular weight is 688 g/mol. The van der Waals surface area contributed by atoms with Crippen molar-refractivity contribution in [2.75, 3.05) is 29.6 Å². The van der Waals surface area contributed by atoms with Crippen molar-refractivity contribution in [3.8, 4) is 0 Å². The fourth-order valence-electron chi connectivity index (χ4n) is 4.27. The van der Waals surface area contributed by atoms with Crippen LogP contribution in [0.5, 0.6) is 0 Å². The Balaban J connectivity index is 0.000000389. The summed E-state index contributed by atoms with van der Waals surface area (Å²) in [6.07, 6.45) is 4.39. The van der Waals surface area contributed by atoms with Gasteiger partial charge >= 0.3 is 11.8 Å². The molecule has 0 radical (unpaired) electrons. The number of hydrogen-bond donors (Lipinski definition) is 5. The third kappa shape index (κ3) is 16.0. The van der Waals surface area contributed by atoms with Gasteiger partial charge in [0.05, 0.1) is 24.2 Å². The summed E-state index contributed by atoms with van der Waals surface area (Å²) in [6.45, 7) is 9.91. The number of aromatic nitrogens is 2. The number of thioether (sulfide) groups is 1. The van der Waals surface area contributed by atoms with Crippen molar-refractivity contribution in [2.24, 2.45) is 0 Å². The zero-order valence-electron chi connectivity index (χ0n) is 27.7. The zero-order valence-corrected chi connectivity index (χ0v) is 28.5. The summed E-state index contributed by atoms with van der Waals surface area (Å²) in [4.78, 5) is 32.0. The SMILES string of the molecule is CC(C)(O)O.CCCSc1nc(NC(=O)OC(C)(C)C)c([N+](=O)[O-])c(NC2CCC(OCCO)C2)n1.Fc1ccc(C2CC2)cc1F. The first kappa shape index (κ1) is 40.0. The number of aliphatic hydroxyl groups excluding tert-OH is 1. The van der Waals surface area contributed by atoms with Crippen LogP contribution < -0.4 is 10.6 Å². The molecule has 2 aliphatic carbocycles. The van der Waals surface area contributed by atoms with Gasteiger partial charge in [-0.1, -0.05) is 24.8 Å². The first-order chi connectivity index (χ1) is 21.9. The van der Waals surface area contributed by atoms with Gasteiger partial charge in [-0.3, -0.25) is 15.4 Å². The molecule has 0 aliphatic heterocycles. The molecule has 16 heteroatoms. The molecule has 1 amide bonds. The number of halogens is 2. The molecule has 0 saturated heterocycles. The lowest BCUT2D eigenvalue weighted by atomic mass is 10.1. The molecule has 1 aromatic carbocycles. The number of benzene rings is 1. The molecule has 47 heavy (non-hydrogen) atoms. The summed E-state index contributed by atoms with van der Waals surface area (Å²) in [5.41, 5.74) is -0.240. The summed E-state index contributed by atoms with van der Waals surface area (Å²) in [5.74, 6) is -1.92. The van der Waals surface area contributed by atoms with E-state index >= 15 is 0 Å². The minimum atomic E-state index is -1.50. The van der Waals surface area contributed by atoms with Gasteiger partial charge in [-0.25, -0.2) is 13.6 Å². The highest BCUT2D eigenvalue weighted by Crippen LogP contribution is 2.40. The van der Waals surface area contributed by atoms with Crippen LogP contribution in [0.2, 0.25) is 0 Å². The molecule has 2 aliphatic rings. The summed E-state index contributed by atoms with van der Waals surface area (Å²) < 4.78 is 35.8. The number of nitrogens with zero attached hydrogens (tertiary/aromatic N) is 3. The van der Waals surface area contributed by atoms with Gasteiger partial charge in [-0.2, -0.15) is 9.97 Å². The number of carbonyl (C=O) groups is 1. The predicted molar refractivity (Wildman–Crippen MR) is 174 cm³/mol. The first-order valence-electron chi connectivity index (χ1n) is 15.5. The molecule has 1 aromatic heterocycles. The summed E-state index contributed by atoms with van der Waals surface area (Å²) in [5, 5.41) is 42.8. The third-order valence-electron chi connectivity index (χ3n) is 6.26. The quantitative estimate of drug-likeness (QED) is 0.0599. The Hall–Kier alpha value is -3.18. The van der Waals surface area contributed by atoms with E-state index in [0.717, 1.165) is 43.4 Å². The van der Waals surface area contributed by atoms with Crippen LogP contribution in [0.4, 0.5) is 30.9 Å². The first-order valence-corrected chi connectivity index (χ1v) is 16.5. The Bertz CT molecular complexity index is 1320. The van der Waals surface area contributed by atoms with E-state index in [4.69, 9.17) is 24.8 Å². The number of amides is 1. The van der Waals surface area contributed by atoms with E-state index < -0.39 is 39.7 Å². The van der Waals surface area contributed by atoms with Crippen LogP contribution in [0.3, 0.4) is 0 Å². The number of hydrogen-bond acceptors (Lipinski definition) is 12. The number of carbonyl (C=O) groups excluding carboxylic acids is 1. The van der Waals surface area contributed by atoms with Crippen LogP contribution in [0, 0.1) is 21.7 Å². The lowest BCUT2D eigenvalue weighted by molar-refractivity contribution is -0.383. The van der Waals surface area contributed by atoms with Gasteiger partial charge in [-0.15, -0.1) is 0 Å². The van der Waals surface area contributed by atoms with Crippen molar-refractivity contribution in [1.29, 1.82) is 0 Å². The lowest BCUT2D eigenvalue weighted by Crippen LogP contribution is -2.28. The lowest BCUT2D eigenvalue weighted by Gasteiger charge is -2.20. The second-order valence-corrected chi connectivity index (χ2v) is 13.7. The standard InChI is InChI=1S/C19H31N5O6S.C9H8F2.C3H8O2/c1-5-10-31-17-21-15(20-12-6-7-13(11-12)29-9-8-25)14(24(27)28)16(22-17)23-18(26)30-19(2,3)4;10-8-4-3-7(5-9(8)11)6-1-2-6;1-3(2,4)5/h12-13,25H,5-11H2,1-4H3,(H2,20,21,22,23,26);3-6H,1-2H2;4-5H,1-2H3. The predicted octanol–water partition coefficient (Wildman–Crippen LogP) is 6.13. The van der Waals surface area contributed by atoms with E-state index in [0.29, 0.717) is 17.5 Å². The smallest absolute Gasteiger partial charge is 0.413 e. The molecule has 2 saturated carbocycles. The molecule has 2 unspecified atom stereocenters. The van der Waals surface area contributed by atoms with Crippen LogP contribution in [0.25, 0.3) is 0 Å². The number of ether oxygens (including phenoxy) is 2. The van der Waals surface area contributed by atoms with E-state index in [1.165, 1.54) is 37.7 Å². The van der Waals surface area contributed by atoms with Crippen LogP contribution in [-0.2, 0) is 9.47 Å². The molecule has 4 rings (SSSR count). The topological polar surface area (TPSA) is 189 Å². The molecule has 0 bridgehead atoms. The molecule has 2 atom stereocenters. The van der Waals surface area contributed by atoms with Crippen molar-refractivity contribution in [2.45, 2.75) is 115 Å². The minimum Gasteiger partial charge on any atom is -0.444 e. The Labute approximate surface area is 278 Å². The summed E-state index contributed by atoms with van der Waals surface area (Å²) in [6, 6.07) is 4.07. The van der Waals surface area contributed by atoms with Crippen molar-refractivity contribution in [3.05, 3.63) is 45.5 Å². The molecular weight excluding hydrogens is 640 g/mol. The number of nitrogens with one attached hydrogen (secondary N) is 2. The number of rotatable bonds is 11. The highest BCUT2D eigenvalue weighted by atomic mass is 32.2. The maximum absolute atomic E-state index is 12.6. The van der Waals surface area contributed by atoms with Gasteiger partial charge in [0, 0.05) is 11.8 Å². The summed E-state index contributed by atoms with van der Waals surface area (Å²) >= 11 is 1.35. The van der Waals surface area contributed by atoms with Gasteiger partial charge in [0.15, 0.2) is 22.6 Å². The molecule has 2 aromatic rings. The van der Waals surface area contributed by atoms with Crippen LogP contribution in [0.1, 0.15) is 91.5 Å². The van der Waals surface area contributed by atoms with E-state index in [1.54, 1.807) is 26.8 Å². The van der Waals surface area contributed by atoms with Crippen LogP contribution >= 0.6 is 11.8 Å². The maximum Gasteiger partial charge on any atom is 0.413 e. The van der Waals surface area contributed by atoms with Crippen LogP contribution in [0.15, 0.2) is 23.4 Å². The Morgan fingerprint density at radius 1 is 1.09 bits per heavy atom. The molecule has 264 valence electrons. The van der Waals surface area contributed by atoms with Gasteiger partial charge in [-0.05, 0) is 96.8 Å². The van der Waals surface area contributed by atoms with Gasteiger partial charge in [0.25, 0.3) is 0 Å². The molecule has 0 spiro atoms. The van der Waals surface area contributed by atoms with E-state index in [1.807, 2.05) is 6.92 Å². The highest BCUT2D eigenvalue weighted by molar-refractivity contribution is 7.99. The average Bonchev–Trinajstić information content (AvgIpc) is 3.70. The normalized spacial score (nSPS) is 17.5. The van der Waals surface area contributed by atoms with Crippen molar-refractivity contribution in [1.82, 2.24) is 9.97 Å². The van der Waals surface area contributed by atoms with Crippen LogP contribution in [-0.4, -0.2) is 78.8 Å². The van der Waals surface area contributed by atoms with Crippen molar-refractivity contribution < 1.29 is 43.3 Å². The minimum absolute atomic E-state index is 0.0289. The molecular formula is C31H47F2N5O8S. The third-order valence-corrected chi connectivity index (χ3v) is 7.32. The summed E-state index contributed by atoms with van der Waals surface area (Å²) in [7, 11) is 0. The molecule has 5 N–H and O–H groups in total. The largest absolute Gasteiger partial charge is 0.444 e. The van der Waals surface area contributed by atoms with Crippen molar-refractivity contribution >= 4 is 35.2 Å². The number of nitro groups is 1. The molecule has 2 fully saturated rings. The monoisotopic (exact) mass is 687 g/mol. The van der Waals surface area contributed by atoms with E-state index in [2.05, 4.69) is 20.6 Å². The Morgan fingerprint density at radius 3 is 2.26 bits per heavy atom. The fraction of sp³-hybridized carbons (Fsp3) is 0.645. The highest BCUT2D eigenvalue weighted by Gasteiger charge is 2.32. The maximum atomic E-state index is 12.6. The number of anilines is 2. The van der Waals surface area contributed by atoms with E-state index in [-0.39, 0.29) is 37.0 Å². The molecule has 1 heterocycles.